The Morgan fingerprint density at radius 1 is 1.00 bits per heavy atom. The Hall–Kier alpha value is -3.34. The zero-order valence-corrected chi connectivity index (χ0v) is 15.1. The molecule has 0 amide bonds. The summed E-state index contributed by atoms with van der Waals surface area (Å²) in [5, 5.41) is 0.962. The molecule has 0 aliphatic heterocycles. The highest BCUT2D eigenvalue weighted by Gasteiger charge is 2.14. The van der Waals surface area contributed by atoms with Gasteiger partial charge in [0.05, 0.1) is 17.8 Å². The van der Waals surface area contributed by atoms with Gasteiger partial charge in [-0.2, -0.15) is 0 Å². The van der Waals surface area contributed by atoms with Gasteiger partial charge >= 0.3 is 0 Å². The van der Waals surface area contributed by atoms with Crippen LogP contribution in [0.4, 0.5) is 4.39 Å². The average Bonchev–Trinajstić information content (AvgIpc) is 2.70. The zero-order chi connectivity index (χ0) is 18.8. The number of aryl methyl sites for hydroxylation is 1. The van der Waals surface area contributed by atoms with Crippen molar-refractivity contribution < 1.29 is 9.13 Å². The highest BCUT2D eigenvalue weighted by Crippen LogP contribution is 2.30. The highest BCUT2D eigenvalue weighted by molar-refractivity contribution is 5.79. The number of nitrogens with zero attached hydrogens (tertiary/aromatic N) is 3. The summed E-state index contributed by atoms with van der Waals surface area (Å²) in [6.07, 6.45) is 1.77. The summed E-state index contributed by atoms with van der Waals surface area (Å²) >= 11 is 0. The second-order valence-electron chi connectivity index (χ2n) is 6.19. The van der Waals surface area contributed by atoms with Crippen molar-refractivity contribution in [1.82, 2.24) is 15.0 Å². The Bertz CT molecular complexity index is 1130. The number of aromatic nitrogens is 3. The molecule has 2 aromatic carbocycles. The summed E-state index contributed by atoms with van der Waals surface area (Å²) in [5.74, 6) is 0.782. The van der Waals surface area contributed by atoms with Gasteiger partial charge in [0.1, 0.15) is 17.3 Å². The number of hydrogen-bond acceptors (Lipinski definition) is 4. The van der Waals surface area contributed by atoms with Crippen molar-refractivity contribution in [1.29, 1.82) is 0 Å². The molecule has 0 aliphatic carbocycles. The molecule has 0 bridgehead atoms. The van der Waals surface area contributed by atoms with Crippen molar-refractivity contribution >= 4 is 10.9 Å². The van der Waals surface area contributed by atoms with Crippen molar-refractivity contribution in [3.05, 3.63) is 72.2 Å². The van der Waals surface area contributed by atoms with Crippen molar-refractivity contribution in [2.45, 2.75) is 13.8 Å². The van der Waals surface area contributed by atoms with Gasteiger partial charge in [-0.1, -0.05) is 24.3 Å². The molecule has 0 radical (unpaired) electrons. The largest absolute Gasteiger partial charge is 0.494 e. The molecule has 0 aliphatic rings. The fraction of sp³-hybridized carbons (Fsp3) is 0.136. The third-order valence-corrected chi connectivity index (χ3v) is 4.32. The second kappa shape index (κ2) is 7.11. The smallest absolute Gasteiger partial charge is 0.178 e. The molecule has 0 saturated carbocycles. The van der Waals surface area contributed by atoms with Crippen LogP contribution in [-0.4, -0.2) is 21.6 Å². The van der Waals surface area contributed by atoms with Crippen molar-refractivity contribution in [3.63, 3.8) is 0 Å². The lowest BCUT2D eigenvalue weighted by Crippen LogP contribution is -1.98. The number of pyridine rings is 1. The van der Waals surface area contributed by atoms with Crippen molar-refractivity contribution in [2.24, 2.45) is 0 Å². The first kappa shape index (κ1) is 17.1. The topological polar surface area (TPSA) is 47.9 Å². The molecule has 0 atom stereocenters. The van der Waals surface area contributed by atoms with E-state index in [-0.39, 0.29) is 5.82 Å². The number of hydrogen-bond donors (Lipinski definition) is 0. The third kappa shape index (κ3) is 3.36. The molecule has 134 valence electrons. The van der Waals surface area contributed by atoms with E-state index in [2.05, 4.69) is 15.0 Å². The van der Waals surface area contributed by atoms with Crippen LogP contribution in [0.25, 0.3) is 33.7 Å². The monoisotopic (exact) mass is 359 g/mol. The van der Waals surface area contributed by atoms with Gasteiger partial charge in [-0.3, -0.25) is 0 Å². The van der Waals surface area contributed by atoms with Gasteiger partial charge < -0.3 is 4.74 Å². The van der Waals surface area contributed by atoms with Gasteiger partial charge in [0.15, 0.2) is 5.82 Å². The molecule has 4 rings (SSSR count). The quantitative estimate of drug-likeness (QED) is 0.502. The Morgan fingerprint density at radius 2 is 1.85 bits per heavy atom. The van der Waals surface area contributed by atoms with Gasteiger partial charge in [0.2, 0.25) is 0 Å². The van der Waals surface area contributed by atoms with Crippen LogP contribution in [0.1, 0.15) is 12.5 Å². The summed E-state index contributed by atoms with van der Waals surface area (Å²) in [6.45, 7) is 4.31. The number of ether oxygens (including phenoxy) is 1. The van der Waals surface area contributed by atoms with Gasteiger partial charge in [0, 0.05) is 17.1 Å². The summed E-state index contributed by atoms with van der Waals surface area (Å²) in [4.78, 5) is 13.7. The first-order valence-electron chi connectivity index (χ1n) is 8.78. The normalized spacial score (nSPS) is 10.9. The molecule has 2 heterocycles. The fourth-order valence-electron chi connectivity index (χ4n) is 2.96. The highest BCUT2D eigenvalue weighted by atomic mass is 19.1. The first-order valence-corrected chi connectivity index (χ1v) is 8.78. The maximum atomic E-state index is 14.5. The maximum absolute atomic E-state index is 14.5. The zero-order valence-electron chi connectivity index (χ0n) is 15.1. The van der Waals surface area contributed by atoms with E-state index in [9.17, 15) is 4.39 Å². The van der Waals surface area contributed by atoms with E-state index in [1.807, 2.05) is 50.2 Å². The molecule has 0 unspecified atom stereocenters. The van der Waals surface area contributed by atoms with E-state index < -0.39 is 0 Å². The number of para-hydroxylation sites is 1. The van der Waals surface area contributed by atoms with Crippen LogP contribution in [0.3, 0.4) is 0 Å². The first-order chi connectivity index (χ1) is 13.2. The Labute approximate surface area is 156 Å². The van der Waals surface area contributed by atoms with Crippen LogP contribution >= 0.6 is 0 Å². The lowest BCUT2D eigenvalue weighted by Gasteiger charge is -2.11. The van der Waals surface area contributed by atoms with Gasteiger partial charge in [0.25, 0.3) is 0 Å². The predicted molar refractivity (Wildman–Crippen MR) is 104 cm³/mol. The van der Waals surface area contributed by atoms with Crippen LogP contribution in [-0.2, 0) is 0 Å². The summed E-state index contributed by atoms with van der Waals surface area (Å²) in [6, 6.07) is 16.2. The van der Waals surface area contributed by atoms with Crippen LogP contribution in [0.5, 0.6) is 5.75 Å². The fourth-order valence-corrected chi connectivity index (χ4v) is 2.96. The van der Waals surface area contributed by atoms with Gasteiger partial charge in [-0.05, 0) is 49.7 Å². The lowest BCUT2D eigenvalue weighted by atomic mass is 10.0. The van der Waals surface area contributed by atoms with E-state index in [1.165, 1.54) is 6.07 Å². The lowest BCUT2D eigenvalue weighted by molar-refractivity contribution is 0.340. The van der Waals surface area contributed by atoms with E-state index in [1.54, 1.807) is 18.3 Å². The van der Waals surface area contributed by atoms with Crippen molar-refractivity contribution in [2.75, 3.05) is 6.61 Å². The molecular weight excluding hydrogens is 341 g/mol. The summed E-state index contributed by atoms with van der Waals surface area (Å²) < 4.78 is 20.0. The minimum absolute atomic E-state index is 0.342. The maximum Gasteiger partial charge on any atom is 0.178 e. The third-order valence-electron chi connectivity index (χ3n) is 4.32. The number of benzene rings is 2. The molecule has 0 spiro atoms. The van der Waals surface area contributed by atoms with E-state index >= 15 is 0 Å². The van der Waals surface area contributed by atoms with E-state index in [4.69, 9.17) is 4.74 Å². The van der Waals surface area contributed by atoms with Crippen LogP contribution < -0.4 is 4.74 Å². The SMILES string of the molecule is CCOc1ccc(F)c(-c2nc(-c3ncc4ccccc4n3)ccc2C)c1. The molecule has 0 saturated heterocycles. The molecule has 4 nitrogen and oxygen atoms in total. The Kier molecular flexibility index (Phi) is 4.50. The average molecular weight is 359 g/mol. The Balaban J connectivity index is 1.83. The standard InChI is InChI=1S/C22H18FN3O/c1-3-27-16-9-10-18(23)17(12-16)21-14(2)8-11-20(25-21)22-24-13-15-6-4-5-7-19(15)26-22/h4-13H,3H2,1-2H3. The Morgan fingerprint density at radius 3 is 2.70 bits per heavy atom. The van der Waals surface area contributed by atoms with Crippen LogP contribution in [0.2, 0.25) is 0 Å². The molecule has 2 aromatic heterocycles. The molecule has 0 fully saturated rings. The summed E-state index contributed by atoms with van der Waals surface area (Å²) in [7, 11) is 0. The number of halogens is 1. The van der Waals surface area contributed by atoms with Crippen LogP contribution in [0, 0.1) is 12.7 Å². The molecule has 0 N–H and O–H groups in total. The van der Waals surface area contributed by atoms with Gasteiger partial charge in [-0.15, -0.1) is 0 Å². The minimum Gasteiger partial charge on any atom is -0.494 e. The van der Waals surface area contributed by atoms with Gasteiger partial charge in [-0.25, -0.2) is 19.3 Å². The predicted octanol–water partition coefficient (Wildman–Crippen LogP) is 5.21. The number of fused-ring (bicyclic) bond motifs is 1. The molecule has 27 heavy (non-hydrogen) atoms. The molecule has 5 heteroatoms. The number of rotatable bonds is 4. The summed E-state index contributed by atoms with van der Waals surface area (Å²) in [5.41, 5.74) is 3.27. The molecular formula is C22H18FN3O. The second-order valence-corrected chi connectivity index (χ2v) is 6.19. The van der Waals surface area contributed by atoms with E-state index in [0.29, 0.717) is 35.1 Å². The minimum atomic E-state index is -0.342. The van der Waals surface area contributed by atoms with Crippen LogP contribution in [0.15, 0.2) is 60.8 Å². The molecule has 4 aromatic rings. The van der Waals surface area contributed by atoms with Crippen molar-refractivity contribution in [3.8, 4) is 28.5 Å². The van der Waals surface area contributed by atoms with E-state index in [0.717, 1.165) is 16.5 Å².